The molecule has 1 aliphatic heterocycles. The van der Waals surface area contributed by atoms with E-state index in [2.05, 4.69) is 20.4 Å². The molecule has 1 amide bonds. The highest BCUT2D eigenvalue weighted by Crippen LogP contribution is 2.24. The van der Waals surface area contributed by atoms with Gasteiger partial charge in [-0.15, -0.1) is 5.10 Å². The SMILES string of the molecule is COc1ccc(C(=O)N[C@H](Cc2ccccc2)c2nnc(N3CCCCCC3)o2)c(C)c1. The summed E-state index contributed by atoms with van der Waals surface area (Å²) in [5, 5.41) is 11.7. The van der Waals surface area contributed by atoms with Crippen LogP contribution in [0, 0.1) is 6.92 Å². The minimum absolute atomic E-state index is 0.180. The number of ether oxygens (including phenoxy) is 1. The first-order valence-electron chi connectivity index (χ1n) is 11.2. The van der Waals surface area contributed by atoms with Crippen LogP contribution in [-0.2, 0) is 6.42 Å². The van der Waals surface area contributed by atoms with E-state index in [-0.39, 0.29) is 5.91 Å². The maximum atomic E-state index is 13.1. The largest absolute Gasteiger partial charge is 0.497 e. The van der Waals surface area contributed by atoms with Crippen LogP contribution in [0.2, 0.25) is 0 Å². The van der Waals surface area contributed by atoms with Gasteiger partial charge in [-0.05, 0) is 49.1 Å². The molecule has 1 fully saturated rings. The summed E-state index contributed by atoms with van der Waals surface area (Å²) in [7, 11) is 1.61. The van der Waals surface area contributed by atoms with E-state index in [4.69, 9.17) is 9.15 Å². The lowest BCUT2D eigenvalue weighted by molar-refractivity contribution is 0.0929. The molecule has 0 radical (unpaired) electrons. The fraction of sp³-hybridized carbons (Fsp3) is 0.400. The zero-order chi connectivity index (χ0) is 22.3. The first-order chi connectivity index (χ1) is 15.6. The summed E-state index contributed by atoms with van der Waals surface area (Å²) in [6.07, 6.45) is 5.26. The Morgan fingerprint density at radius 2 is 1.84 bits per heavy atom. The Hall–Kier alpha value is -3.35. The molecule has 0 unspecified atom stereocenters. The van der Waals surface area contributed by atoms with Gasteiger partial charge < -0.3 is 19.4 Å². The van der Waals surface area contributed by atoms with E-state index in [0.717, 1.165) is 42.8 Å². The number of aryl methyl sites for hydroxylation is 1. The van der Waals surface area contributed by atoms with Crippen LogP contribution >= 0.6 is 0 Å². The number of carbonyl (C=O) groups is 1. The molecule has 32 heavy (non-hydrogen) atoms. The highest BCUT2D eigenvalue weighted by atomic mass is 16.5. The minimum Gasteiger partial charge on any atom is -0.497 e. The Kier molecular flexibility index (Phi) is 7.04. The van der Waals surface area contributed by atoms with Crippen LogP contribution in [0.1, 0.15) is 59.1 Å². The molecule has 2 aromatic carbocycles. The number of amides is 1. The van der Waals surface area contributed by atoms with Crippen LogP contribution in [0.25, 0.3) is 0 Å². The summed E-state index contributed by atoms with van der Waals surface area (Å²) in [5.74, 6) is 0.965. The molecule has 7 nitrogen and oxygen atoms in total. The summed E-state index contributed by atoms with van der Waals surface area (Å²) in [6, 6.07) is 15.5. The van der Waals surface area contributed by atoms with Crippen molar-refractivity contribution in [1.29, 1.82) is 0 Å². The molecule has 0 saturated carbocycles. The molecule has 1 atom stereocenters. The molecule has 0 spiro atoms. The quantitative estimate of drug-likeness (QED) is 0.591. The van der Waals surface area contributed by atoms with Crippen molar-refractivity contribution < 1.29 is 13.9 Å². The summed E-state index contributed by atoms with van der Waals surface area (Å²) in [5.41, 5.74) is 2.52. The van der Waals surface area contributed by atoms with Gasteiger partial charge in [-0.25, -0.2) is 0 Å². The number of rotatable bonds is 7. The minimum atomic E-state index is -0.431. The fourth-order valence-corrected chi connectivity index (χ4v) is 4.06. The molecule has 4 rings (SSSR count). The Morgan fingerprint density at radius 1 is 1.09 bits per heavy atom. The second kappa shape index (κ2) is 10.3. The lowest BCUT2D eigenvalue weighted by Crippen LogP contribution is -2.30. The summed E-state index contributed by atoms with van der Waals surface area (Å²) in [4.78, 5) is 15.3. The molecule has 2 heterocycles. The average Bonchev–Trinajstić information content (AvgIpc) is 3.14. The molecule has 168 valence electrons. The molecule has 1 N–H and O–H groups in total. The number of methoxy groups -OCH3 is 1. The number of nitrogens with zero attached hydrogens (tertiary/aromatic N) is 3. The third-order valence-corrected chi connectivity index (χ3v) is 5.87. The van der Waals surface area contributed by atoms with Gasteiger partial charge in [0.2, 0.25) is 5.89 Å². The van der Waals surface area contributed by atoms with E-state index in [1.807, 2.05) is 43.3 Å². The zero-order valence-electron chi connectivity index (χ0n) is 18.7. The van der Waals surface area contributed by atoms with Gasteiger partial charge in [-0.1, -0.05) is 48.3 Å². The van der Waals surface area contributed by atoms with Gasteiger partial charge in [-0.3, -0.25) is 4.79 Å². The predicted molar refractivity (Wildman–Crippen MR) is 123 cm³/mol. The van der Waals surface area contributed by atoms with Gasteiger partial charge in [0.05, 0.1) is 7.11 Å². The van der Waals surface area contributed by atoms with Crippen molar-refractivity contribution in [2.24, 2.45) is 0 Å². The van der Waals surface area contributed by atoms with E-state index in [9.17, 15) is 4.79 Å². The van der Waals surface area contributed by atoms with Gasteiger partial charge in [0.1, 0.15) is 11.8 Å². The van der Waals surface area contributed by atoms with Gasteiger partial charge in [0.25, 0.3) is 5.91 Å². The standard InChI is InChI=1S/C25H30N4O3/c1-18-16-20(31-2)12-13-21(18)23(30)26-22(17-19-10-6-5-7-11-19)24-27-28-25(32-24)29-14-8-3-4-9-15-29/h5-7,10-13,16,22H,3-4,8-9,14-15,17H2,1-2H3,(H,26,30)/t22-/m1/s1. The van der Waals surface area contributed by atoms with E-state index >= 15 is 0 Å². The first kappa shape index (κ1) is 21.9. The third kappa shape index (κ3) is 5.28. The van der Waals surface area contributed by atoms with E-state index in [1.165, 1.54) is 12.8 Å². The average molecular weight is 435 g/mol. The van der Waals surface area contributed by atoms with Crippen LogP contribution < -0.4 is 15.0 Å². The van der Waals surface area contributed by atoms with Crippen molar-refractivity contribution >= 4 is 11.9 Å². The van der Waals surface area contributed by atoms with E-state index in [1.54, 1.807) is 19.2 Å². The number of carbonyl (C=O) groups excluding carboxylic acids is 1. The Bertz CT molecular complexity index is 1030. The van der Waals surface area contributed by atoms with E-state index < -0.39 is 6.04 Å². The maximum absolute atomic E-state index is 13.1. The molecule has 3 aromatic rings. The lowest BCUT2D eigenvalue weighted by atomic mass is 10.0. The van der Waals surface area contributed by atoms with Crippen molar-refractivity contribution in [2.75, 3.05) is 25.1 Å². The molecule has 0 bridgehead atoms. The molecule has 7 heteroatoms. The number of anilines is 1. The molecule has 1 aliphatic rings. The highest BCUT2D eigenvalue weighted by molar-refractivity contribution is 5.96. The number of aromatic nitrogens is 2. The second-order valence-electron chi connectivity index (χ2n) is 8.22. The van der Waals surface area contributed by atoms with Crippen molar-refractivity contribution in [2.45, 2.75) is 45.1 Å². The van der Waals surface area contributed by atoms with E-state index in [0.29, 0.717) is 23.9 Å². The number of benzene rings is 2. The Labute approximate surface area is 188 Å². The first-order valence-corrected chi connectivity index (χ1v) is 11.2. The molecule has 1 saturated heterocycles. The number of hydrogen-bond donors (Lipinski definition) is 1. The van der Waals surface area contributed by atoms with Crippen LogP contribution in [0.3, 0.4) is 0 Å². The summed E-state index contributed by atoms with van der Waals surface area (Å²) >= 11 is 0. The summed E-state index contributed by atoms with van der Waals surface area (Å²) in [6.45, 7) is 3.73. The monoisotopic (exact) mass is 434 g/mol. The fourth-order valence-electron chi connectivity index (χ4n) is 4.06. The van der Waals surface area contributed by atoms with Crippen molar-refractivity contribution in [3.63, 3.8) is 0 Å². The van der Waals surface area contributed by atoms with Crippen LogP contribution in [0.5, 0.6) is 5.75 Å². The van der Waals surface area contributed by atoms with Crippen LogP contribution in [0.15, 0.2) is 52.9 Å². The van der Waals surface area contributed by atoms with Crippen molar-refractivity contribution in [3.05, 3.63) is 71.1 Å². The second-order valence-corrected chi connectivity index (χ2v) is 8.22. The van der Waals surface area contributed by atoms with Crippen LogP contribution in [-0.4, -0.2) is 36.3 Å². The topological polar surface area (TPSA) is 80.5 Å². The van der Waals surface area contributed by atoms with Crippen LogP contribution in [0.4, 0.5) is 6.01 Å². The third-order valence-electron chi connectivity index (χ3n) is 5.87. The highest BCUT2D eigenvalue weighted by Gasteiger charge is 2.25. The smallest absolute Gasteiger partial charge is 0.318 e. The molecule has 1 aromatic heterocycles. The maximum Gasteiger partial charge on any atom is 0.318 e. The number of nitrogens with one attached hydrogen (secondary N) is 1. The normalized spacial score (nSPS) is 15.1. The van der Waals surface area contributed by atoms with Gasteiger partial charge in [0, 0.05) is 25.1 Å². The van der Waals surface area contributed by atoms with Gasteiger partial charge in [0.15, 0.2) is 0 Å². The van der Waals surface area contributed by atoms with Gasteiger partial charge >= 0.3 is 6.01 Å². The zero-order valence-corrected chi connectivity index (χ0v) is 18.7. The van der Waals surface area contributed by atoms with Crippen molar-refractivity contribution in [1.82, 2.24) is 15.5 Å². The van der Waals surface area contributed by atoms with Gasteiger partial charge in [-0.2, -0.15) is 0 Å². The Morgan fingerprint density at radius 3 is 2.53 bits per heavy atom. The molecular formula is C25H30N4O3. The Balaban J connectivity index is 1.57. The lowest BCUT2D eigenvalue weighted by Gasteiger charge is -2.18. The van der Waals surface area contributed by atoms with Crippen molar-refractivity contribution in [3.8, 4) is 5.75 Å². The molecule has 0 aliphatic carbocycles. The molecular weight excluding hydrogens is 404 g/mol. The summed E-state index contributed by atoms with van der Waals surface area (Å²) < 4.78 is 11.3. The number of hydrogen-bond acceptors (Lipinski definition) is 6. The predicted octanol–water partition coefficient (Wildman–Crippen LogP) is 4.48.